The van der Waals surface area contributed by atoms with Crippen molar-refractivity contribution in [2.24, 2.45) is 0 Å². The highest BCUT2D eigenvalue weighted by molar-refractivity contribution is 9.10. The molecule has 1 N–H and O–H groups in total. The van der Waals surface area contributed by atoms with Crippen molar-refractivity contribution in [3.8, 4) is 0 Å². The molecule has 1 atom stereocenters. The Morgan fingerprint density at radius 2 is 2.14 bits per heavy atom. The zero-order chi connectivity index (χ0) is 15.0. The topological polar surface area (TPSA) is 42.2 Å². The molecule has 0 aliphatic carbocycles. The lowest BCUT2D eigenvalue weighted by Crippen LogP contribution is -2.19. The highest BCUT2D eigenvalue weighted by Gasteiger charge is 2.22. The molecule has 0 radical (unpaired) electrons. The molecule has 0 bridgehead atoms. The predicted molar refractivity (Wildman–Crippen MR) is 83.0 cm³/mol. The van der Waals surface area contributed by atoms with Crippen molar-refractivity contribution < 1.29 is 4.39 Å². The Balaban J connectivity index is 2.17. The van der Waals surface area contributed by atoms with Gasteiger partial charge in [0.2, 0.25) is 0 Å². The molecule has 2 aromatic heterocycles. The molecule has 0 spiro atoms. The van der Waals surface area contributed by atoms with Gasteiger partial charge in [0.25, 0.3) is 0 Å². The lowest BCUT2D eigenvalue weighted by molar-refractivity contribution is 0.577. The molecule has 0 aliphatic heterocycles. The van der Waals surface area contributed by atoms with Crippen LogP contribution in [0, 0.1) is 5.82 Å². The highest BCUT2D eigenvalue weighted by Crippen LogP contribution is 2.33. The molecule has 3 rings (SSSR count). The number of aromatic nitrogens is 3. The molecule has 3 aromatic rings. The maximum atomic E-state index is 14.4. The summed E-state index contributed by atoms with van der Waals surface area (Å²) in [7, 11) is 1.76. The molecular weight excluding hydrogens is 359 g/mol. The Hall–Kier alpha value is -1.50. The summed E-state index contributed by atoms with van der Waals surface area (Å²) in [5.74, 6) is -0.450. The van der Waals surface area contributed by atoms with Crippen LogP contribution in [0.5, 0.6) is 0 Å². The smallest absolute Gasteiger partial charge is 0.148 e. The standard InChI is InChI=1S/C14H11BrClFN4/c1-18-14(8-2-3-10(15)12(16)13(8)17)9-6-20-21-5-4-19-7-11(9)21/h2-7,14,18H,1H3. The van der Waals surface area contributed by atoms with Crippen LogP contribution in [0.15, 0.2) is 41.4 Å². The molecule has 21 heavy (non-hydrogen) atoms. The second-order valence-corrected chi connectivity index (χ2v) is 5.72. The van der Waals surface area contributed by atoms with E-state index < -0.39 is 5.82 Å². The van der Waals surface area contributed by atoms with E-state index in [1.165, 1.54) is 0 Å². The third kappa shape index (κ3) is 2.43. The fraction of sp³-hybridized carbons (Fsp3) is 0.143. The third-order valence-corrected chi connectivity index (χ3v) is 4.59. The zero-order valence-electron chi connectivity index (χ0n) is 11.0. The van der Waals surface area contributed by atoms with Gasteiger partial charge in [-0.15, -0.1) is 0 Å². The van der Waals surface area contributed by atoms with Crippen LogP contribution in [0.1, 0.15) is 17.2 Å². The fourth-order valence-electron chi connectivity index (χ4n) is 2.32. The van der Waals surface area contributed by atoms with Crippen LogP contribution >= 0.6 is 27.5 Å². The first-order valence-corrected chi connectivity index (χ1v) is 7.38. The van der Waals surface area contributed by atoms with E-state index in [1.54, 1.807) is 48.5 Å². The van der Waals surface area contributed by atoms with Gasteiger partial charge in [0.05, 0.1) is 29.0 Å². The lowest BCUT2D eigenvalue weighted by atomic mass is 10.00. The van der Waals surface area contributed by atoms with E-state index in [9.17, 15) is 4.39 Å². The summed E-state index contributed by atoms with van der Waals surface area (Å²) >= 11 is 9.20. The Bertz CT molecular complexity index is 805. The molecule has 108 valence electrons. The second-order valence-electron chi connectivity index (χ2n) is 4.49. The summed E-state index contributed by atoms with van der Waals surface area (Å²) in [5, 5.41) is 7.43. The minimum Gasteiger partial charge on any atom is -0.309 e. The summed E-state index contributed by atoms with van der Waals surface area (Å²) in [6.07, 6.45) is 6.80. The molecular formula is C14H11BrClFN4. The van der Waals surface area contributed by atoms with Gasteiger partial charge >= 0.3 is 0 Å². The Morgan fingerprint density at radius 1 is 1.33 bits per heavy atom. The maximum Gasteiger partial charge on any atom is 0.148 e. The monoisotopic (exact) mass is 368 g/mol. The third-order valence-electron chi connectivity index (χ3n) is 3.33. The average Bonchev–Trinajstić information content (AvgIpc) is 2.92. The van der Waals surface area contributed by atoms with Gasteiger partial charge in [0.1, 0.15) is 5.82 Å². The van der Waals surface area contributed by atoms with Crippen LogP contribution in [-0.2, 0) is 0 Å². The van der Waals surface area contributed by atoms with Crippen molar-refractivity contribution in [1.82, 2.24) is 19.9 Å². The van der Waals surface area contributed by atoms with Crippen molar-refractivity contribution in [2.75, 3.05) is 7.05 Å². The number of nitrogens with one attached hydrogen (secondary N) is 1. The van der Waals surface area contributed by atoms with Gasteiger partial charge in [0.15, 0.2) is 0 Å². The van der Waals surface area contributed by atoms with Crippen LogP contribution in [0.4, 0.5) is 4.39 Å². The number of hydrogen-bond acceptors (Lipinski definition) is 3. The van der Waals surface area contributed by atoms with Crippen LogP contribution in [0.2, 0.25) is 5.02 Å². The van der Waals surface area contributed by atoms with E-state index >= 15 is 0 Å². The Labute approximate surface area is 134 Å². The van der Waals surface area contributed by atoms with Crippen molar-refractivity contribution in [2.45, 2.75) is 6.04 Å². The van der Waals surface area contributed by atoms with Gasteiger partial charge in [-0.2, -0.15) is 5.10 Å². The summed E-state index contributed by atoms with van der Waals surface area (Å²) < 4.78 is 16.7. The highest BCUT2D eigenvalue weighted by atomic mass is 79.9. The quantitative estimate of drug-likeness (QED) is 0.717. The van der Waals surface area contributed by atoms with Gasteiger partial charge in [-0.05, 0) is 29.0 Å². The summed E-state index contributed by atoms with van der Waals surface area (Å²) in [5.41, 5.74) is 2.11. The van der Waals surface area contributed by atoms with Crippen molar-refractivity contribution >= 4 is 33.0 Å². The largest absolute Gasteiger partial charge is 0.309 e. The number of hydrogen-bond donors (Lipinski definition) is 1. The van der Waals surface area contributed by atoms with E-state index in [0.29, 0.717) is 10.0 Å². The van der Waals surface area contributed by atoms with Gasteiger partial charge in [-0.25, -0.2) is 8.91 Å². The Morgan fingerprint density at radius 3 is 2.90 bits per heavy atom. The molecule has 2 heterocycles. The first-order valence-electron chi connectivity index (χ1n) is 6.21. The molecule has 1 unspecified atom stereocenters. The number of fused-ring (bicyclic) bond motifs is 1. The van der Waals surface area contributed by atoms with E-state index in [4.69, 9.17) is 11.6 Å². The molecule has 0 amide bonds. The molecule has 7 heteroatoms. The van der Waals surface area contributed by atoms with Crippen LogP contribution in [-0.4, -0.2) is 21.6 Å². The number of nitrogens with zero attached hydrogens (tertiary/aromatic N) is 3. The van der Waals surface area contributed by atoms with Crippen LogP contribution in [0.3, 0.4) is 0 Å². The van der Waals surface area contributed by atoms with Crippen LogP contribution < -0.4 is 5.32 Å². The molecule has 0 saturated heterocycles. The molecule has 4 nitrogen and oxygen atoms in total. The van der Waals surface area contributed by atoms with E-state index in [1.807, 2.05) is 0 Å². The van der Waals surface area contributed by atoms with E-state index in [0.717, 1.165) is 11.1 Å². The van der Waals surface area contributed by atoms with Gasteiger partial charge in [-0.1, -0.05) is 17.7 Å². The van der Waals surface area contributed by atoms with Crippen molar-refractivity contribution in [3.63, 3.8) is 0 Å². The summed E-state index contributed by atoms with van der Waals surface area (Å²) in [4.78, 5) is 4.09. The van der Waals surface area contributed by atoms with Crippen molar-refractivity contribution in [1.29, 1.82) is 0 Å². The van der Waals surface area contributed by atoms with E-state index in [2.05, 4.69) is 31.3 Å². The molecule has 0 aliphatic rings. The van der Waals surface area contributed by atoms with Gasteiger partial charge < -0.3 is 5.32 Å². The SMILES string of the molecule is CNC(c1ccc(Br)c(Cl)c1F)c1cnn2ccncc12. The average molecular weight is 370 g/mol. The number of rotatable bonds is 3. The molecule has 0 fully saturated rings. The fourth-order valence-corrected chi connectivity index (χ4v) is 2.80. The number of benzene rings is 1. The molecule has 1 aromatic carbocycles. The predicted octanol–water partition coefficient (Wildman–Crippen LogP) is 3.59. The maximum absolute atomic E-state index is 14.4. The Kier molecular flexibility index (Phi) is 3.93. The van der Waals surface area contributed by atoms with Crippen LogP contribution in [0.25, 0.3) is 5.52 Å². The number of halogens is 3. The summed E-state index contributed by atoms with van der Waals surface area (Å²) in [6.45, 7) is 0. The minimum absolute atomic E-state index is 0.0716. The first kappa shape index (κ1) is 14.4. The zero-order valence-corrected chi connectivity index (χ0v) is 13.4. The lowest BCUT2D eigenvalue weighted by Gasteiger charge is -2.17. The normalized spacial score (nSPS) is 12.8. The second kappa shape index (κ2) is 5.71. The van der Waals surface area contributed by atoms with E-state index in [-0.39, 0.29) is 11.1 Å². The minimum atomic E-state index is -0.450. The summed E-state index contributed by atoms with van der Waals surface area (Å²) in [6, 6.07) is 3.07. The molecule has 0 saturated carbocycles. The van der Waals surface area contributed by atoms with Gasteiger partial charge in [0, 0.05) is 28.0 Å². The first-order chi connectivity index (χ1) is 10.1. The van der Waals surface area contributed by atoms with Gasteiger partial charge in [-0.3, -0.25) is 4.98 Å². The van der Waals surface area contributed by atoms with Crippen molar-refractivity contribution in [3.05, 3.63) is 63.4 Å².